The molecular weight excluding hydrogens is 342 g/mol. The van der Waals surface area contributed by atoms with Crippen LogP contribution in [0, 0.1) is 0 Å². The van der Waals surface area contributed by atoms with Crippen molar-refractivity contribution in [3.63, 3.8) is 0 Å². The number of halogens is 1. The van der Waals surface area contributed by atoms with E-state index in [2.05, 4.69) is 4.52 Å². The van der Waals surface area contributed by atoms with Gasteiger partial charge in [-0.05, 0) is 0 Å². The van der Waals surface area contributed by atoms with Crippen molar-refractivity contribution >= 4 is 7.82 Å². The number of aromatic nitrogens is 2. The molecule has 0 unspecified atom stereocenters. The number of H-pyrrole nitrogens is 1. The first-order valence-electron chi connectivity index (χ1n) is 6.16. The highest BCUT2D eigenvalue weighted by molar-refractivity contribution is 7.46. The first-order chi connectivity index (χ1) is 10.6. The molecular formula is C10H14FN2O9P. The van der Waals surface area contributed by atoms with Gasteiger partial charge in [0.15, 0.2) is 12.4 Å². The van der Waals surface area contributed by atoms with Crippen LogP contribution in [0.15, 0.2) is 21.9 Å². The molecule has 0 radical (unpaired) electrons. The summed E-state index contributed by atoms with van der Waals surface area (Å²) in [5.41, 5.74) is -1.72. The van der Waals surface area contributed by atoms with Crippen LogP contribution in [0.2, 0.25) is 0 Å². The molecule has 4 N–H and O–H groups in total. The van der Waals surface area contributed by atoms with E-state index in [1.165, 1.54) is 0 Å². The average Bonchev–Trinajstić information content (AvgIpc) is 2.70. The highest BCUT2D eigenvalue weighted by Crippen LogP contribution is 2.43. The van der Waals surface area contributed by atoms with E-state index in [-0.39, 0.29) is 0 Å². The smallest absolute Gasteiger partial charge is 0.384 e. The summed E-state index contributed by atoms with van der Waals surface area (Å²) in [5.74, 6) is -2.25. The molecule has 2 rings (SSSR count). The van der Waals surface area contributed by atoms with E-state index in [1.807, 2.05) is 4.98 Å². The number of rotatable bonds is 5. The lowest BCUT2D eigenvalue weighted by Crippen LogP contribution is -2.47. The Balaban J connectivity index is 2.33. The summed E-state index contributed by atoms with van der Waals surface area (Å²) in [7, 11) is -3.94. The van der Waals surface area contributed by atoms with Crippen LogP contribution in [0.3, 0.4) is 0 Å². The largest absolute Gasteiger partial charge is 0.469 e. The summed E-state index contributed by atoms with van der Waals surface area (Å²) >= 11 is 0. The third-order valence-corrected chi connectivity index (χ3v) is 3.72. The van der Waals surface area contributed by atoms with Crippen LogP contribution in [-0.4, -0.2) is 56.2 Å². The van der Waals surface area contributed by atoms with E-state index in [4.69, 9.17) is 19.3 Å². The third-order valence-electron chi connectivity index (χ3n) is 3.25. The molecule has 4 atom stereocenters. The zero-order valence-electron chi connectivity index (χ0n) is 11.7. The monoisotopic (exact) mass is 356 g/mol. The van der Waals surface area contributed by atoms with Gasteiger partial charge in [-0.2, -0.15) is 0 Å². The minimum absolute atomic E-state index is 0.660. The van der Waals surface area contributed by atoms with Crippen LogP contribution in [0.1, 0.15) is 6.23 Å². The molecule has 1 aliphatic rings. The number of phosphoric ester groups is 1. The summed E-state index contributed by atoms with van der Waals surface area (Å²) in [6.07, 6.45) is -4.96. The Hall–Kier alpha value is -1.40. The predicted octanol–water partition coefficient (Wildman–Crippen LogP) is -1.78. The Bertz CT molecular complexity index is 730. The maximum Gasteiger partial charge on any atom is 0.469 e. The van der Waals surface area contributed by atoms with Crippen LogP contribution in [0.5, 0.6) is 0 Å². The van der Waals surface area contributed by atoms with Crippen molar-refractivity contribution in [3.8, 4) is 0 Å². The first-order valence-corrected chi connectivity index (χ1v) is 7.69. The highest BCUT2D eigenvalue weighted by atomic mass is 31.2. The molecule has 1 aliphatic heterocycles. The number of hydrogen-bond acceptors (Lipinski definition) is 7. The fraction of sp³-hybridized carbons (Fsp3) is 0.600. The van der Waals surface area contributed by atoms with Gasteiger partial charge in [-0.3, -0.25) is 18.9 Å². The van der Waals surface area contributed by atoms with Crippen LogP contribution >= 0.6 is 7.82 Å². The minimum atomic E-state index is -4.94. The SMILES string of the molecule is CO[C@]1(COP(=O)(O)O)O[C@@H](n2ccc(=O)[nH]c2=O)[C@H](F)[C@@H]1O. The Morgan fingerprint density at radius 1 is 1.52 bits per heavy atom. The number of aliphatic hydroxyl groups excluding tert-OH is 1. The van der Waals surface area contributed by atoms with Gasteiger partial charge in [0.05, 0.1) is 0 Å². The van der Waals surface area contributed by atoms with Crippen LogP contribution in [0.25, 0.3) is 0 Å². The molecule has 0 aromatic carbocycles. The Labute approximate surface area is 127 Å². The molecule has 0 spiro atoms. The molecule has 0 saturated carbocycles. The molecule has 130 valence electrons. The lowest BCUT2D eigenvalue weighted by atomic mass is 10.1. The second kappa shape index (κ2) is 6.24. The van der Waals surface area contributed by atoms with E-state index in [0.29, 0.717) is 4.57 Å². The summed E-state index contributed by atoms with van der Waals surface area (Å²) in [5, 5.41) is 9.94. The number of ether oxygens (including phenoxy) is 2. The summed E-state index contributed by atoms with van der Waals surface area (Å²) in [4.78, 5) is 42.0. The first kappa shape index (κ1) is 17.9. The normalized spacial score (nSPS) is 31.4. The lowest BCUT2D eigenvalue weighted by Gasteiger charge is -2.29. The number of nitrogens with zero attached hydrogens (tertiary/aromatic N) is 1. The molecule has 0 bridgehead atoms. The van der Waals surface area contributed by atoms with Crippen molar-refractivity contribution in [2.24, 2.45) is 0 Å². The van der Waals surface area contributed by atoms with Crippen molar-refractivity contribution in [1.82, 2.24) is 9.55 Å². The number of nitrogens with one attached hydrogen (secondary N) is 1. The van der Waals surface area contributed by atoms with Gasteiger partial charge >= 0.3 is 13.5 Å². The van der Waals surface area contributed by atoms with Gasteiger partial charge in [0.25, 0.3) is 5.56 Å². The molecule has 1 saturated heterocycles. The number of methoxy groups -OCH3 is 1. The molecule has 13 heteroatoms. The fourth-order valence-corrected chi connectivity index (χ4v) is 2.44. The van der Waals surface area contributed by atoms with Crippen LogP contribution in [-0.2, 0) is 18.6 Å². The van der Waals surface area contributed by atoms with Crippen molar-refractivity contribution in [2.75, 3.05) is 13.7 Å². The Morgan fingerprint density at radius 2 is 2.17 bits per heavy atom. The van der Waals surface area contributed by atoms with Gasteiger partial charge in [-0.1, -0.05) is 0 Å². The molecule has 1 aromatic heterocycles. The maximum atomic E-state index is 14.3. The van der Waals surface area contributed by atoms with Crippen molar-refractivity contribution in [3.05, 3.63) is 33.1 Å². The zero-order valence-corrected chi connectivity index (χ0v) is 12.6. The van der Waals surface area contributed by atoms with Crippen molar-refractivity contribution < 1.29 is 37.8 Å². The minimum Gasteiger partial charge on any atom is -0.384 e. The number of phosphoric acid groups is 1. The van der Waals surface area contributed by atoms with Gasteiger partial charge in [0.1, 0.15) is 12.7 Å². The summed E-state index contributed by atoms with van der Waals surface area (Å²) in [6.45, 7) is -0.996. The molecule has 1 aromatic rings. The lowest BCUT2D eigenvalue weighted by molar-refractivity contribution is -0.267. The molecule has 0 aliphatic carbocycles. The quantitative estimate of drug-likeness (QED) is 0.447. The number of alkyl halides is 1. The number of aliphatic hydroxyl groups is 1. The summed E-state index contributed by atoms with van der Waals surface area (Å²) < 4.78 is 39.9. The third kappa shape index (κ3) is 3.58. The second-order valence-corrected chi connectivity index (χ2v) is 5.93. The number of aromatic amines is 1. The van der Waals surface area contributed by atoms with Gasteiger partial charge in [0.2, 0.25) is 5.79 Å². The van der Waals surface area contributed by atoms with E-state index in [0.717, 1.165) is 19.4 Å². The molecule has 2 heterocycles. The summed E-state index contributed by atoms with van der Waals surface area (Å²) in [6, 6.07) is 0.933. The average molecular weight is 356 g/mol. The maximum absolute atomic E-state index is 14.3. The molecule has 11 nitrogen and oxygen atoms in total. The van der Waals surface area contributed by atoms with E-state index < -0.39 is 50.0 Å². The number of hydrogen-bond donors (Lipinski definition) is 4. The van der Waals surface area contributed by atoms with E-state index >= 15 is 0 Å². The highest BCUT2D eigenvalue weighted by Gasteiger charge is 2.58. The fourth-order valence-electron chi connectivity index (χ4n) is 2.10. The second-order valence-electron chi connectivity index (χ2n) is 4.70. The van der Waals surface area contributed by atoms with Gasteiger partial charge in [-0.25, -0.2) is 13.8 Å². The Morgan fingerprint density at radius 3 is 2.70 bits per heavy atom. The zero-order chi connectivity index (χ0) is 17.4. The van der Waals surface area contributed by atoms with Gasteiger partial charge < -0.3 is 24.4 Å². The molecule has 1 fully saturated rings. The van der Waals surface area contributed by atoms with E-state index in [1.54, 1.807) is 0 Å². The van der Waals surface area contributed by atoms with Gasteiger partial charge in [-0.15, -0.1) is 0 Å². The van der Waals surface area contributed by atoms with Crippen molar-refractivity contribution in [1.29, 1.82) is 0 Å². The topological polar surface area (TPSA) is 160 Å². The molecule has 0 amide bonds. The molecule has 23 heavy (non-hydrogen) atoms. The van der Waals surface area contributed by atoms with E-state index in [9.17, 15) is 23.7 Å². The van der Waals surface area contributed by atoms with Gasteiger partial charge in [0, 0.05) is 19.4 Å². The van der Waals surface area contributed by atoms with Crippen LogP contribution < -0.4 is 11.2 Å². The van der Waals surface area contributed by atoms with Crippen LogP contribution in [0.4, 0.5) is 4.39 Å². The predicted molar refractivity (Wildman–Crippen MR) is 70.1 cm³/mol. The van der Waals surface area contributed by atoms with Crippen molar-refractivity contribution in [2.45, 2.75) is 24.3 Å². The Kier molecular flexibility index (Phi) is 4.87. The standard InChI is InChI=1S/C10H14FN2O9P/c1-20-10(4-21-23(17,18)19)7(15)6(11)8(22-10)13-3-2-5(14)12-9(13)16/h2-3,6-8,15H,4H2,1H3,(H,12,14,16)(H2,17,18,19)/t6-,7+,8-,10-/m1/s1.